The Labute approximate surface area is 106 Å². The van der Waals surface area contributed by atoms with Gasteiger partial charge in [-0.25, -0.2) is 0 Å². The summed E-state index contributed by atoms with van der Waals surface area (Å²) >= 11 is 0. The van der Waals surface area contributed by atoms with Crippen molar-refractivity contribution in [1.82, 2.24) is 0 Å². The second kappa shape index (κ2) is 4.96. The number of ketones is 1. The molecule has 98 valence electrons. The van der Waals surface area contributed by atoms with Crippen LogP contribution in [0.5, 0.6) is 11.5 Å². The summed E-state index contributed by atoms with van der Waals surface area (Å²) in [5.74, 6) is 1.13. The maximum Gasteiger partial charge on any atom is 0.175 e. The van der Waals surface area contributed by atoms with Crippen LogP contribution in [0, 0.1) is 5.41 Å². The van der Waals surface area contributed by atoms with Crippen LogP contribution < -0.4 is 15.2 Å². The minimum absolute atomic E-state index is 0.00259. The Morgan fingerprint density at radius 1 is 1.33 bits per heavy atom. The predicted octanol–water partition coefficient (Wildman–Crippen LogP) is 0.862. The molecule has 0 aliphatic carbocycles. The van der Waals surface area contributed by atoms with Crippen molar-refractivity contribution in [1.29, 1.82) is 0 Å². The molecule has 0 spiro atoms. The van der Waals surface area contributed by atoms with Gasteiger partial charge in [-0.2, -0.15) is 0 Å². The van der Waals surface area contributed by atoms with Gasteiger partial charge in [-0.05, 0) is 18.2 Å². The van der Waals surface area contributed by atoms with Crippen molar-refractivity contribution < 1.29 is 19.0 Å². The number of carbonyl (C=O) groups excluding carboxylic acids is 1. The van der Waals surface area contributed by atoms with E-state index in [2.05, 4.69) is 0 Å². The van der Waals surface area contributed by atoms with Crippen LogP contribution in [0.3, 0.4) is 0 Å². The van der Waals surface area contributed by atoms with Crippen LogP contribution in [0.2, 0.25) is 0 Å². The first-order valence-corrected chi connectivity index (χ1v) is 5.71. The zero-order valence-corrected chi connectivity index (χ0v) is 10.6. The van der Waals surface area contributed by atoms with E-state index in [4.69, 9.17) is 19.9 Å². The Morgan fingerprint density at radius 2 is 2.00 bits per heavy atom. The summed E-state index contributed by atoms with van der Waals surface area (Å²) in [4.78, 5) is 12.4. The summed E-state index contributed by atoms with van der Waals surface area (Å²) in [6.07, 6.45) is 0. The van der Waals surface area contributed by atoms with Crippen molar-refractivity contribution >= 4 is 5.78 Å². The summed E-state index contributed by atoms with van der Waals surface area (Å²) in [6, 6.07) is 5.12. The number of benzene rings is 1. The van der Waals surface area contributed by atoms with Crippen molar-refractivity contribution in [3.05, 3.63) is 23.8 Å². The Balaban J connectivity index is 2.31. The number of nitrogens with two attached hydrogens (primary N) is 1. The van der Waals surface area contributed by atoms with Crippen LogP contribution in [-0.2, 0) is 4.74 Å². The average molecular weight is 251 g/mol. The van der Waals surface area contributed by atoms with Gasteiger partial charge < -0.3 is 19.9 Å². The van der Waals surface area contributed by atoms with Crippen molar-refractivity contribution in [2.45, 2.75) is 0 Å². The summed E-state index contributed by atoms with van der Waals surface area (Å²) in [5.41, 5.74) is 5.68. The second-order valence-electron chi connectivity index (χ2n) is 4.38. The van der Waals surface area contributed by atoms with Gasteiger partial charge in [0.2, 0.25) is 0 Å². The van der Waals surface area contributed by atoms with E-state index in [9.17, 15) is 4.79 Å². The quantitative estimate of drug-likeness (QED) is 0.786. The van der Waals surface area contributed by atoms with Crippen molar-refractivity contribution in [2.75, 3.05) is 34.0 Å². The number of ether oxygens (including phenoxy) is 3. The molecule has 5 heteroatoms. The van der Waals surface area contributed by atoms with E-state index in [0.29, 0.717) is 36.8 Å². The number of hydrogen-bond acceptors (Lipinski definition) is 5. The molecule has 2 N–H and O–H groups in total. The summed E-state index contributed by atoms with van der Waals surface area (Å²) in [6.45, 7) is 1.06. The smallest absolute Gasteiger partial charge is 0.175 e. The van der Waals surface area contributed by atoms with Gasteiger partial charge in [0.1, 0.15) is 0 Å². The molecule has 5 nitrogen and oxygen atoms in total. The highest BCUT2D eigenvalue weighted by molar-refractivity contribution is 6.02. The Kier molecular flexibility index (Phi) is 3.54. The number of Topliss-reactive ketones (excluding diaryl/α,β-unsaturated/α-hetero) is 1. The molecule has 0 bridgehead atoms. The largest absolute Gasteiger partial charge is 0.493 e. The number of rotatable bonds is 5. The summed E-state index contributed by atoms with van der Waals surface area (Å²) in [5, 5.41) is 0. The van der Waals surface area contributed by atoms with Gasteiger partial charge in [0.05, 0.1) is 32.8 Å². The molecule has 0 aromatic heterocycles. The summed E-state index contributed by atoms with van der Waals surface area (Å²) in [7, 11) is 3.10. The fraction of sp³-hybridized carbons (Fsp3) is 0.462. The highest BCUT2D eigenvalue weighted by atomic mass is 16.5. The van der Waals surface area contributed by atoms with E-state index in [-0.39, 0.29) is 5.78 Å². The van der Waals surface area contributed by atoms with E-state index < -0.39 is 5.41 Å². The number of carbonyl (C=O) groups is 1. The van der Waals surface area contributed by atoms with Crippen LogP contribution in [0.15, 0.2) is 18.2 Å². The molecule has 0 atom stereocenters. The lowest BCUT2D eigenvalue weighted by atomic mass is 9.78. The third-order valence-electron chi connectivity index (χ3n) is 3.27. The molecule has 1 aliphatic rings. The fourth-order valence-electron chi connectivity index (χ4n) is 1.97. The Morgan fingerprint density at radius 3 is 2.44 bits per heavy atom. The molecular weight excluding hydrogens is 234 g/mol. The van der Waals surface area contributed by atoms with Gasteiger partial charge in [0, 0.05) is 12.1 Å². The minimum Gasteiger partial charge on any atom is -0.493 e. The van der Waals surface area contributed by atoms with Crippen LogP contribution in [0.4, 0.5) is 0 Å². The Hall–Kier alpha value is -1.59. The summed E-state index contributed by atoms with van der Waals surface area (Å²) < 4.78 is 15.4. The Bertz CT molecular complexity index is 449. The van der Waals surface area contributed by atoms with E-state index in [1.54, 1.807) is 25.3 Å². The number of hydrogen-bond donors (Lipinski definition) is 1. The highest BCUT2D eigenvalue weighted by Gasteiger charge is 2.44. The van der Waals surface area contributed by atoms with Gasteiger partial charge in [0.25, 0.3) is 0 Å². The third kappa shape index (κ3) is 1.95. The molecule has 1 aliphatic heterocycles. The van der Waals surface area contributed by atoms with E-state index in [0.717, 1.165) is 0 Å². The van der Waals surface area contributed by atoms with Gasteiger partial charge >= 0.3 is 0 Å². The zero-order valence-electron chi connectivity index (χ0n) is 10.6. The van der Waals surface area contributed by atoms with Gasteiger partial charge in [-0.1, -0.05) is 0 Å². The third-order valence-corrected chi connectivity index (χ3v) is 3.27. The first-order valence-electron chi connectivity index (χ1n) is 5.71. The molecule has 18 heavy (non-hydrogen) atoms. The van der Waals surface area contributed by atoms with E-state index >= 15 is 0 Å². The molecular formula is C13H17NO4. The first kappa shape index (κ1) is 12.9. The van der Waals surface area contributed by atoms with Crippen molar-refractivity contribution in [3.8, 4) is 11.5 Å². The fourth-order valence-corrected chi connectivity index (χ4v) is 1.97. The zero-order chi connectivity index (χ0) is 13.2. The average Bonchev–Trinajstić information content (AvgIpc) is 2.37. The standard InChI is InChI=1S/C13H17NO4/c1-16-10-4-3-9(5-11(10)17-2)12(15)13(6-14)7-18-8-13/h3-5H,6-8,14H2,1-2H3. The van der Waals surface area contributed by atoms with E-state index in [1.165, 1.54) is 7.11 Å². The van der Waals surface area contributed by atoms with Crippen LogP contribution >= 0.6 is 0 Å². The lowest BCUT2D eigenvalue weighted by Crippen LogP contribution is -2.54. The second-order valence-corrected chi connectivity index (χ2v) is 4.38. The molecule has 2 rings (SSSR count). The van der Waals surface area contributed by atoms with Gasteiger partial charge in [0.15, 0.2) is 17.3 Å². The normalized spacial score (nSPS) is 16.8. The molecule has 1 aromatic carbocycles. The number of methoxy groups -OCH3 is 2. The maximum atomic E-state index is 12.4. The lowest BCUT2D eigenvalue weighted by molar-refractivity contribution is -0.0816. The molecule has 0 amide bonds. The first-order chi connectivity index (χ1) is 8.66. The lowest BCUT2D eigenvalue weighted by Gasteiger charge is -2.38. The van der Waals surface area contributed by atoms with Crippen LogP contribution in [0.25, 0.3) is 0 Å². The van der Waals surface area contributed by atoms with Crippen LogP contribution in [0.1, 0.15) is 10.4 Å². The highest BCUT2D eigenvalue weighted by Crippen LogP contribution is 2.34. The van der Waals surface area contributed by atoms with Crippen molar-refractivity contribution in [2.24, 2.45) is 11.1 Å². The molecule has 1 heterocycles. The molecule has 1 fully saturated rings. The van der Waals surface area contributed by atoms with Gasteiger partial charge in [-0.3, -0.25) is 4.79 Å². The monoisotopic (exact) mass is 251 g/mol. The van der Waals surface area contributed by atoms with Crippen LogP contribution in [-0.4, -0.2) is 39.8 Å². The molecule has 1 saturated heterocycles. The molecule has 0 radical (unpaired) electrons. The predicted molar refractivity (Wildman–Crippen MR) is 66.2 cm³/mol. The molecule has 0 saturated carbocycles. The SMILES string of the molecule is COc1ccc(C(=O)C2(CN)COC2)cc1OC. The van der Waals surface area contributed by atoms with Crippen molar-refractivity contribution in [3.63, 3.8) is 0 Å². The minimum atomic E-state index is -0.570. The molecule has 1 aromatic rings. The maximum absolute atomic E-state index is 12.4. The van der Waals surface area contributed by atoms with Gasteiger partial charge in [-0.15, -0.1) is 0 Å². The topological polar surface area (TPSA) is 70.8 Å². The van der Waals surface area contributed by atoms with E-state index in [1.807, 2.05) is 0 Å². The molecule has 0 unspecified atom stereocenters.